The molecule has 2 aromatic carbocycles. The molecular weight excluding hydrogens is 543 g/mol. The first-order chi connectivity index (χ1) is 16.8. The van der Waals surface area contributed by atoms with Crippen LogP contribution in [0.15, 0.2) is 48.5 Å². The Bertz CT molecular complexity index is 1100. The molecule has 4 rings (SSSR count). The van der Waals surface area contributed by atoms with Gasteiger partial charge in [0.1, 0.15) is 0 Å². The van der Waals surface area contributed by atoms with Gasteiger partial charge in [0.2, 0.25) is 0 Å². The van der Waals surface area contributed by atoms with Gasteiger partial charge in [-0.1, -0.05) is 73.2 Å². The largest absolute Gasteiger partial charge is 0.269 e. The highest BCUT2D eigenvalue weighted by Gasteiger charge is 2.38. The van der Waals surface area contributed by atoms with Gasteiger partial charge in [0.15, 0.2) is 0 Å². The standard InChI is InChI=1S/2C13H17ClO3S/c2*1-18(15,16)17-10-13(8-2-3-9-13)11-4-6-12(14)7-5-11/h2*4-7H,2-3,8-10H2,1H3. The van der Waals surface area contributed by atoms with Crippen molar-refractivity contribution in [3.8, 4) is 0 Å². The van der Waals surface area contributed by atoms with E-state index in [0.717, 1.165) is 75.0 Å². The lowest BCUT2D eigenvalue weighted by molar-refractivity contribution is 0.224. The predicted octanol–water partition coefficient (Wildman–Crippen LogP) is 6.26. The van der Waals surface area contributed by atoms with Gasteiger partial charge >= 0.3 is 0 Å². The number of halogens is 2. The van der Waals surface area contributed by atoms with Crippen LogP contribution in [-0.2, 0) is 39.4 Å². The minimum Gasteiger partial charge on any atom is -0.269 e. The summed E-state index contributed by atoms with van der Waals surface area (Å²) < 4.78 is 54.8. The zero-order valence-electron chi connectivity index (χ0n) is 20.7. The minimum atomic E-state index is -3.39. The zero-order valence-corrected chi connectivity index (χ0v) is 23.9. The van der Waals surface area contributed by atoms with Crippen LogP contribution < -0.4 is 0 Å². The molecule has 2 aromatic rings. The highest BCUT2D eigenvalue weighted by Crippen LogP contribution is 2.43. The summed E-state index contributed by atoms with van der Waals surface area (Å²) in [5.74, 6) is 0. The fourth-order valence-electron chi connectivity index (χ4n) is 5.18. The van der Waals surface area contributed by atoms with E-state index in [1.807, 2.05) is 48.5 Å². The van der Waals surface area contributed by atoms with Gasteiger partial charge in [0, 0.05) is 20.9 Å². The normalized spacial score (nSPS) is 19.0. The van der Waals surface area contributed by atoms with Crippen LogP contribution in [0.25, 0.3) is 0 Å². The second-order valence-electron chi connectivity index (χ2n) is 9.92. The molecule has 0 aromatic heterocycles. The molecule has 0 aliphatic heterocycles. The molecule has 0 saturated heterocycles. The predicted molar refractivity (Wildman–Crippen MR) is 145 cm³/mol. The maximum Gasteiger partial charge on any atom is 0.264 e. The van der Waals surface area contributed by atoms with Crippen molar-refractivity contribution in [2.75, 3.05) is 25.7 Å². The summed E-state index contributed by atoms with van der Waals surface area (Å²) in [5.41, 5.74) is 1.89. The molecule has 0 radical (unpaired) electrons. The van der Waals surface area contributed by atoms with Crippen LogP contribution in [0, 0.1) is 0 Å². The van der Waals surface area contributed by atoms with Crippen molar-refractivity contribution in [3.05, 3.63) is 69.7 Å². The Morgan fingerprint density at radius 2 is 0.889 bits per heavy atom. The lowest BCUT2D eigenvalue weighted by atomic mass is 9.80. The van der Waals surface area contributed by atoms with Crippen molar-refractivity contribution in [1.29, 1.82) is 0 Å². The third-order valence-corrected chi connectivity index (χ3v) is 8.73. The Hall–Kier alpha value is -1.16. The summed E-state index contributed by atoms with van der Waals surface area (Å²) >= 11 is 11.8. The van der Waals surface area contributed by atoms with Crippen LogP contribution in [0.4, 0.5) is 0 Å². The Morgan fingerprint density at radius 3 is 1.14 bits per heavy atom. The van der Waals surface area contributed by atoms with Crippen molar-refractivity contribution in [2.24, 2.45) is 0 Å². The smallest absolute Gasteiger partial charge is 0.264 e. The van der Waals surface area contributed by atoms with E-state index in [2.05, 4.69) is 0 Å². The van der Waals surface area contributed by atoms with E-state index in [1.165, 1.54) is 0 Å². The first-order valence-corrected chi connectivity index (χ1v) is 16.4. The van der Waals surface area contributed by atoms with Gasteiger partial charge in [-0.2, -0.15) is 16.8 Å². The highest BCUT2D eigenvalue weighted by atomic mass is 35.5. The quantitative estimate of drug-likeness (QED) is 0.345. The third-order valence-electron chi connectivity index (χ3n) is 7.13. The first-order valence-electron chi connectivity index (χ1n) is 12.0. The van der Waals surface area contributed by atoms with Crippen molar-refractivity contribution in [2.45, 2.75) is 62.2 Å². The first kappa shape index (κ1) is 29.4. The summed E-state index contributed by atoms with van der Waals surface area (Å²) in [6.45, 7) is 0.459. The molecule has 0 heterocycles. The van der Waals surface area contributed by atoms with Crippen molar-refractivity contribution >= 4 is 43.4 Å². The summed E-state index contributed by atoms with van der Waals surface area (Å²) in [6.07, 6.45) is 10.5. The van der Waals surface area contributed by atoms with Crippen LogP contribution in [0.3, 0.4) is 0 Å². The summed E-state index contributed by atoms with van der Waals surface area (Å²) in [5, 5.41) is 1.38. The van der Waals surface area contributed by atoms with Crippen LogP contribution in [0.5, 0.6) is 0 Å². The lowest BCUT2D eigenvalue weighted by Crippen LogP contribution is -2.29. The molecule has 10 heteroatoms. The van der Waals surface area contributed by atoms with Gasteiger partial charge in [-0.15, -0.1) is 0 Å². The monoisotopic (exact) mass is 576 g/mol. The molecule has 0 unspecified atom stereocenters. The van der Waals surface area contributed by atoms with Gasteiger partial charge in [-0.05, 0) is 61.1 Å². The summed E-state index contributed by atoms with van der Waals surface area (Å²) in [4.78, 5) is 0. The molecule has 6 nitrogen and oxygen atoms in total. The van der Waals surface area contributed by atoms with Gasteiger partial charge < -0.3 is 0 Å². The average Bonchev–Trinajstić information content (AvgIpc) is 3.48. The third kappa shape index (κ3) is 8.43. The van der Waals surface area contributed by atoms with Crippen molar-refractivity contribution in [3.63, 3.8) is 0 Å². The van der Waals surface area contributed by atoms with Crippen molar-refractivity contribution < 1.29 is 25.2 Å². The second kappa shape index (κ2) is 12.1. The zero-order chi connectivity index (χ0) is 26.5. The SMILES string of the molecule is CS(=O)(=O)OCC1(c2ccc(Cl)cc2)CCCC1.CS(=O)(=O)OCC1(c2ccc(Cl)cc2)CCCC1. The van der Waals surface area contributed by atoms with E-state index in [-0.39, 0.29) is 24.0 Å². The summed E-state index contributed by atoms with van der Waals surface area (Å²) in [7, 11) is -6.78. The molecule has 36 heavy (non-hydrogen) atoms. The molecule has 2 saturated carbocycles. The average molecular weight is 578 g/mol. The number of benzene rings is 2. The van der Waals surface area contributed by atoms with Gasteiger partial charge in [0.05, 0.1) is 25.7 Å². The molecular formula is C26H34Cl2O6S2. The topological polar surface area (TPSA) is 86.7 Å². The number of hydrogen-bond donors (Lipinski definition) is 0. The molecule has 2 fully saturated rings. The fraction of sp³-hybridized carbons (Fsp3) is 0.538. The molecule has 0 N–H and O–H groups in total. The van der Waals surface area contributed by atoms with Crippen LogP contribution in [0.2, 0.25) is 10.0 Å². The summed E-state index contributed by atoms with van der Waals surface area (Å²) in [6, 6.07) is 15.3. The van der Waals surface area contributed by atoms with E-state index in [0.29, 0.717) is 10.0 Å². The van der Waals surface area contributed by atoms with E-state index in [4.69, 9.17) is 31.6 Å². The number of rotatable bonds is 8. The molecule has 0 amide bonds. The Kier molecular flexibility index (Phi) is 9.91. The molecule has 200 valence electrons. The highest BCUT2D eigenvalue weighted by molar-refractivity contribution is 7.86. The Morgan fingerprint density at radius 1 is 0.611 bits per heavy atom. The molecule has 0 bridgehead atoms. The van der Waals surface area contributed by atoms with E-state index in [9.17, 15) is 16.8 Å². The Labute approximate surface area is 225 Å². The van der Waals surface area contributed by atoms with Gasteiger partial charge in [0.25, 0.3) is 20.2 Å². The van der Waals surface area contributed by atoms with Crippen LogP contribution >= 0.6 is 23.2 Å². The van der Waals surface area contributed by atoms with E-state index >= 15 is 0 Å². The maximum absolute atomic E-state index is 11.2. The maximum atomic E-state index is 11.2. The van der Waals surface area contributed by atoms with Gasteiger partial charge in [-0.3, -0.25) is 8.37 Å². The van der Waals surface area contributed by atoms with E-state index < -0.39 is 20.2 Å². The minimum absolute atomic E-state index is 0.173. The van der Waals surface area contributed by atoms with E-state index in [1.54, 1.807) is 0 Å². The second-order valence-corrected chi connectivity index (χ2v) is 14.1. The molecule has 0 atom stereocenters. The molecule has 2 aliphatic carbocycles. The van der Waals surface area contributed by atoms with Crippen LogP contribution in [-0.4, -0.2) is 42.6 Å². The number of hydrogen-bond acceptors (Lipinski definition) is 6. The molecule has 0 spiro atoms. The van der Waals surface area contributed by atoms with Crippen LogP contribution in [0.1, 0.15) is 62.5 Å². The van der Waals surface area contributed by atoms with Gasteiger partial charge in [-0.25, -0.2) is 0 Å². The Balaban J connectivity index is 0.000000201. The van der Waals surface area contributed by atoms with Crippen molar-refractivity contribution in [1.82, 2.24) is 0 Å². The fourth-order valence-corrected chi connectivity index (χ4v) is 6.31. The molecule has 2 aliphatic rings. The lowest BCUT2D eigenvalue weighted by Gasteiger charge is -2.28.